The van der Waals surface area contributed by atoms with Crippen LogP contribution >= 0.6 is 0 Å². The van der Waals surface area contributed by atoms with E-state index in [1.165, 1.54) is 16.7 Å². The molecule has 3 heterocycles. The van der Waals surface area contributed by atoms with Gasteiger partial charge in [-0.3, -0.25) is 9.78 Å². The minimum absolute atomic E-state index is 0.0531. The third-order valence-corrected chi connectivity index (χ3v) is 3.10. The summed E-state index contributed by atoms with van der Waals surface area (Å²) in [4.78, 5) is 15.5. The summed E-state index contributed by atoms with van der Waals surface area (Å²) in [6.45, 7) is -0.804. The molecule has 1 aliphatic heterocycles. The van der Waals surface area contributed by atoms with Crippen LogP contribution in [0.4, 0.5) is 4.39 Å². The highest BCUT2D eigenvalue weighted by molar-refractivity contribution is 5.81. The lowest BCUT2D eigenvalue weighted by molar-refractivity contribution is -0.0268. The van der Waals surface area contributed by atoms with E-state index in [-0.39, 0.29) is 23.2 Å². The summed E-state index contributed by atoms with van der Waals surface area (Å²) >= 11 is 0. The lowest BCUT2D eigenvalue weighted by Crippen LogP contribution is -2.33. The maximum Gasteiger partial charge on any atom is 0.251 e. The highest BCUT2D eigenvalue weighted by Crippen LogP contribution is 2.36. The van der Waals surface area contributed by atoms with E-state index in [1.54, 1.807) is 0 Å². The van der Waals surface area contributed by atoms with E-state index >= 15 is 0 Å². The molecule has 0 aromatic carbocycles. The van der Waals surface area contributed by atoms with Gasteiger partial charge in [0, 0.05) is 6.07 Å². The summed E-state index contributed by atoms with van der Waals surface area (Å²) in [6, 6.07) is 2.78. The number of rotatable bonds is 1. The Balaban J connectivity index is 2.53. The molecule has 3 rings (SSSR count). The average Bonchev–Trinajstić information content (AvgIpc) is 2.64. The van der Waals surface area contributed by atoms with Crippen molar-refractivity contribution in [1.82, 2.24) is 9.55 Å². The van der Waals surface area contributed by atoms with Crippen LogP contribution in [-0.2, 0) is 12.1 Å². The number of nitrogens with zero attached hydrogens (tertiary/aromatic N) is 2. The van der Waals surface area contributed by atoms with E-state index in [4.69, 9.17) is 0 Å². The number of hydrogen-bond acceptors (Lipinski definition) is 4. The quantitative estimate of drug-likeness (QED) is 0.714. The molecule has 0 bridgehead atoms. The number of hydrogen-bond donors (Lipinski definition) is 2. The molecule has 6 heteroatoms. The van der Waals surface area contributed by atoms with Gasteiger partial charge in [0.25, 0.3) is 5.56 Å². The van der Waals surface area contributed by atoms with Crippen LogP contribution in [0.5, 0.6) is 0 Å². The molecular formula is C11H9FN2O3. The molecule has 0 saturated heterocycles. The van der Waals surface area contributed by atoms with E-state index in [0.717, 1.165) is 6.20 Å². The Kier molecular flexibility index (Phi) is 1.90. The predicted molar refractivity (Wildman–Crippen MR) is 56.9 cm³/mol. The SMILES string of the molecule is O=c1ccc2ncc(F)c3c2n1CC3(O)CO. The highest BCUT2D eigenvalue weighted by Gasteiger charge is 2.41. The molecule has 17 heavy (non-hydrogen) atoms. The van der Waals surface area contributed by atoms with Crippen molar-refractivity contribution in [3.8, 4) is 0 Å². The van der Waals surface area contributed by atoms with Crippen molar-refractivity contribution in [2.45, 2.75) is 12.1 Å². The fraction of sp³-hybridized carbons (Fsp3) is 0.273. The maximum absolute atomic E-state index is 13.7. The fourth-order valence-electron chi connectivity index (χ4n) is 2.31. The van der Waals surface area contributed by atoms with Crippen molar-refractivity contribution >= 4 is 11.0 Å². The Morgan fingerprint density at radius 3 is 3.00 bits per heavy atom. The third kappa shape index (κ3) is 1.19. The number of aliphatic hydroxyl groups excluding tert-OH is 1. The predicted octanol–water partition coefficient (Wildman–Crippen LogP) is -0.271. The van der Waals surface area contributed by atoms with Gasteiger partial charge >= 0.3 is 0 Å². The van der Waals surface area contributed by atoms with Crippen molar-refractivity contribution in [3.63, 3.8) is 0 Å². The molecule has 1 atom stereocenters. The lowest BCUT2D eigenvalue weighted by atomic mass is 9.97. The third-order valence-electron chi connectivity index (χ3n) is 3.10. The van der Waals surface area contributed by atoms with Gasteiger partial charge in [-0.1, -0.05) is 0 Å². The van der Waals surface area contributed by atoms with Crippen LogP contribution in [0.3, 0.4) is 0 Å². The fourth-order valence-corrected chi connectivity index (χ4v) is 2.31. The molecule has 0 aliphatic carbocycles. The van der Waals surface area contributed by atoms with Crippen LogP contribution in [0, 0.1) is 5.82 Å². The number of aliphatic hydroxyl groups is 2. The van der Waals surface area contributed by atoms with Gasteiger partial charge in [0.05, 0.1) is 35.9 Å². The molecule has 2 N–H and O–H groups in total. The van der Waals surface area contributed by atoms with Gasteiger partial charge in [0.1, 0.15) is 11.4 Å². The van der Waals surface area contributed by atoms with E-state index in [2.05, 4.69) is 4.98 Å². The molecule has 0 radical (unpaired) electrons. The standard InChI is InChI=1S/C11H9FN2O3/c12-6-3-13-7-1-2-8(16)14-4-11(17,5-15)9(6)10(7)14/h1-3,15,17H,4-5H2. The van der Waals surface area contributed by atoms with Crippen LogP contribution in [0.1, 0.15) is 5.56 Å². The van der Waals surface area contributed by atoms with Crippen molar-refractivity contribution in [1.29, 1.82) is 0 Å². The molecule has 0 saturated carbocycles. The normalized spacial score (nSPS) is 22.3. The van der Waals surface area contributed by atoms with Crippen LogP contribution in [0.25, 0.3) is 11.0 Å². The van der Waals surface area contributed by atoms with Gasteiger partial charge in [0.2, 0.25) is 0 Å². The number of pyridine rings is 2. The molecular weight excluding hydrogens is 227 g/mol. The second-order valence-electron chi connectivity index (χ2n) is 4.16. The molecule has 2 aromatic rings. The molecule has 0 spiro atoms. The Morgan fingerprint density at radius 1 is 1.53 bits per heavy atom. The molecule has 0 amide bonds. The molecule has 1 unspecified atom stereocenters. The van der Waals surface area contributed by atoms with E-state index in [0.29, 0.717) is 5.52 Å². The van der Waals surface area contributed by atoms with Crippen molar-refractivity contribution in [2.24, 2.45) is 0 Å². The van der Waals surface area contributed by atoms with Crippen LogP contribution in [0.15, 0.2) is 23.1 Å². The second-order valence-corrected chi connectivity index (χ2v) is 4.16. The van der Waals surface area contributed by atoms with Gasteiger partial charge in [0.15, 0.2) is 0 Å². The molecule has 1 aliphatic rings. The number of halogens is 1. The van der Waals surface area contributed by atoms with Gasteiger partial charge in [-0.25, -0.2) is 4.39 Å². The first-order valence-corrected chi connectivity index (χ1v) is 5.08. The smallest absolute Gasteiger partial charge is 0.251 e. The van der Waals surface area contributed by atoms with Crippen molar-refractivity contribution in [3.05, 3.63) is 40.1 Å². The minimum Gasteiger partial charge on any atom is -0.393 e. The monoisotopic (exact) mass is 236 g/mol. The summed E-state index contributed by atoms with van der Waals surface area (Å²) in [6.07, 6.45) is 0.985. The summed E-state index contributed by atoms with van der Waals surface area (Å²) in [7, 11) is 0. The summed E-state index contributed by atoms with van der Waals surface area (Å²) in [5.74, 6) is -0.717. The zero-order chi connectivity index (χ0) is 12.2. The maximum atomic E-state index is 13.7. The first-order chi connectivity index (χ1) is 8.07. The van der Waals surface area contributed by atoms with Crippen LogP contribution in [-0.4, -0.2) is 26.4 Å². The van der Waals surface area contributed by atoms with Crippen molar-refractivity contribution in [2.75, 3.05) is 6.61 Å². The lowest BCUT2D eigenvalue weighted by Gasteiger charge is -2.20. The largest absolute Gasteiger partial charge is 0.393 e. The van der Waals surface area contributed by atoms with E-state index < -0.39 is 18.0 Å². The van der Waals surface area contributed by atoms with Gasteiger partial charge in [-0.05, 0) is 6.07 Å². The van der Waals surface area contributed by atoms with Gasteiger partial charge < -0.3 is 14.8 Å². The Morgan fingerprint density at radius 2 is 2.29 bits per heavy atom. The Hall–Kier alpha value is -1.79. The molecule has 0 fully saturated rings. The van der Waals surface area contributed by atoms with Gasteiger partial charge in [-0.2, -0.15) is 0 Å². The molecule has 5 nitrogen and oxygen atoms in total. The van der Waals surface area contributed by atoms with E-state index in [1.807, 2.05) is 0 Å². The zero-order valence-corrected chi connectivity index (χ0v) is 8.72. The van der Waals surface area contributed by atoms with E-state index in [9.17, 15) is 19.4 Å². The average molecular weight is 236 g/mol. The minimum atomic E-state index is -1.75. The highest BCUT2D eigenvalue weighted by atomic mass is 19.1. The topological polar surface area (TPSA) is 75.4 Å². The Bertz CT molecular complexity index is 682. The summed E-state index contributed by atoms with van der Waals surface area (Å²) < 4.78 is 15.0. The number of aromatic nitrogens is 2. The molecule has 2 aromatic heterocycles. The second kappa shape index (κ2) is 3.12. The van der Waals surface area contributed by atoms with Crippen molar-refractivity contribution < 1.29 is 14.6 Å². The van der Waals surface area contributed by atoms with Gasteiger partial charge in [-0.15, -0.1) is 0 Å². The Labute approximate surface area is 94.8 Å². The zero-order valence-electron chi connectivity index (χ0n) is 8.72. The summed E-state index contributed by atoms with van der Waals surface area (Å²) in [5, 5.41) is 19.4. The molecule has 88 valence electrons. The van der Waals surface area contributed by atoms with Crippen LogP contribution < -0.4 is 5.56 Å². The first kappa shape index (κ1) is 10.4. The first-order valence-electron chi connectivity index (χ1n) is 5.08. The van der Waals surface area contributed by atoms with Crippen LogP contribution in [0.2, 0.25) is 0 Å². The summed E-state index contributed by atoms with van der Waals surface area (Å²) in [5.41, 5.74) is -1.48.